The first-order valence-electron chi connectivity index (χ1n) is 4.40. The third kappa shape index (κ3) is 3.04. The first-order chi connectivity index (χ1) is 5.33. The van der Waals surface area contributed by atoms with Gasteiger partial charge in [0, 0.05) is 19.6 Å². The average molecular weight is 154 g/mol. The minimum Gasteiger partial charge on any atom is -0.327 e. The largest absolute Gasteiger partial charge is 0.327 e. The topological polar surface area (TPSA) is 29.3 Å². The number of nitrogens with two attached hydrogens (primary N) is 1. The van der Waals surface area contributed by atoms with E-state index in [1.807, 2.05) is 6.08 Å². The predicted molar refractivity (Wildman–Crippen MR) is 48.4 cm³/mol. The number of likely N-dealkylation sites (tertiary alicyclic amines) is 1. The smallest absolute Gasteiger partial charge is 0.0163 e. The predicted octanol–water partition coefficient (Wildman–Crippen LogP) is 0.843. The molecule has 0 amide bonds. The molecule has 1 saturated heterocycles. The minimum atomic E-state index is 0.670. The lowest BCUT2D eigenvalue weighted by Crippen LogP contribution is -2.20. The van der Waals surface area contributed by atoms with Gasteiger partial charge in [-0.3, -0.25) is 4.90 Å². The number of rotatable bonds is 3. The Morgan fingerprint density at radius 3 is 2.91 bits per heavy atom. The maximum Gasteiger partial charge on any atom is 0.0163 e. The maximum atomic E-state index is 5.34. The van der Waals surface area contributed by atoms with Gasteiger partial charge in [-0.2, -0.15) is 0 Å². The Labute approximate surface area is 69.1 Å². The highest BCUT2D eigenvalue weighted by atomic mass is 15.1. The Balaban J connectivity index is 2.13. The van der Waals surface area contributed by atoms with Gasteiger partial charge in [0.05, 0.1) is 0 Å². The summed E-state index contributed by atoms with van der Waals surface area (Å²) in [5, 5.41) is 0. The molecule has 0 aromatic heterocycles. The van der Waals surface area contributed by atoms with Gasteiger partial charge in [0.15, 0.2) is 0 Å². The van der Waals surface area contributed by atoms with Gasteiger partial charge in [-0.1, -0.05) is 19.1 Å². The molecule has 1 unspecified atom stereocenters. The third-order valence-corrected chi connectivity index (χ3v) is 2.17. The summed E-state index contributed by atoms with van der Waals surface area (Å²) in [6, 6.07) is 0. The number of hydrogen-bond acceptors (Lipinski definition) is 2. The molecular weight excluding hydrogens is 136 g/mol. The second-order valence-electron chi connectivity index (χ2n) is 3.36. The van der Waals surface area contributed by atoms with E-state index in [9.17, 15) is 0 Å². The summed E-state index contributed by atoms with van der Waals surface area (Å²) in [6.07, 6.45) is 5.55. The lowest BCUT2D eigenvalue weighted by atomic mass is 10.2. The van der Waals surface area contributed by atoms with Gasteiger partial charge in [0.2, 0.25) is 0 Å². The van der Waals surface area contributed by atoms with E-state index in [1.54, 1.807) is 0 Å². The molecule has 11 heavy (non-hydrogen) atoms. The highest BCUT2D eigenvalue weighted by Crippen LogP contribution is 2.13. The van der Waals surface area contributed by atoms with Crippen LogP contribution in [-0.2, 0) is 0 Å². The number of hydrogen-bond donors (Lipinski definition) is 1. The molecule has 1 aliphatic rings. The third-order valence-electron chi connectivity index (χ3n) is 2.17. The molecule has 1 fully saturated rings. The normalized spacial score (nSPS) is 26.9. The summed E-state index contributed by atoms with van der Waals surface area (Å²) < 4.78 is 0. The Morgan fingerprint density at radius 1 is 1.55 bits per heavy atom. The van der Waals surface area contributed by atoms with Crippen molar-refractivity contribution in [1.29, 1.82) is 0 Å². The molecule has 0 aromatic rings. The highest BCUT2D eigenvalue weighted by Gasteiger charge is 2.16. The zero-order valence-electron chi connectivity index (χ0n) is 7.29. The molecule has 1 rings (SSSR count). The zero-order valence-corrected chi connectivity index (χ0v) is 7.29. The Kier molecular flexibility index (Phi) is 3.60. The van der Waals surface area contributed by atoms with Crippen LogP contribution < -0.4 is 5.73 Å². The SMILES string of the molecule is CC1CCN(CC=CCN)C1. The van der Waals surface area contributed by atoms with Crippen molar-refractivity contribution in [3.8, 4) is 0 Å². The average Bonchev–Trinajstić information content (AvgIpc) is 2.37. The standard InChI is InChI=1S/C9H18N2/c1-9-4-7-11(8-9)6-3-2-5-10/h2-3,9H,4-8,10H2,1H3. The maximum absolute atomic E-state index is 5.34. The van der Waals surface area contributed by atoms with Gasteiger partial charge in [0.25, 0.3) is 0 Å². The fourth-order valence-electron chi connectivity index (χ4n) is 1.51. The molecule has 2 nitrogen and oxygen atoms in total. The van der Waals surface area contributed by atoms with Crippen LogP contribution in [0.5, 0.6) is 0 Å². The molecule has 2 heteroatoms. The summed E-state index contributed by atoms with van der Waals surface area (Å²) in [6.45, 7) is 6.59. The van der Waals surface area contributed by atoms with Crippen LogP contribution in [0.3, 0.4) is 0 Å². The molecule has 0 saturated carbocycles. The van der Waals surface area contributed by atoms with Gasteiger partial charge < -0.3 is 5.73 Å². The van der Waals surface area contributed by atoms with Crippen molar-refractivity contribution < 1.29 is 0 Å². The van der Waals surface area contributed by atoms with E-state index >= 15 is 0 Å². The Hall–Kier alpha value is -0.340. The van der Waals surface area contributed by atoms with E-state index in [0.29, 0.717) is 6.54 Å². The first kappa shape index (κ1) is 8.75. The quantitative estimate of drug-likeness (QED) is 0.610. The molecule has 0 radical (unpaired) electrons. The van der Waals surface area contributed by atoms with Gasteiger partial charge in [-0.25, -0.2) is 0 Å². The minimum absolute atomic E-state index is 0.670. The van der Waals surface area contributed by atoms with Crippen molar-refractivity contribution in [1.82, 2.24) is 4.90 Å². The van der Waals surface area contributed by atoms with E-state index in [0.717, 1.165) is 12.5 Å². The monoisotopic (exact) mass is 154 g/mol. The van der Waals surface area contributed by atoms with Crippen molar-refractivity contribution in [2.75, 3.05) is 26.2 Å². The van der Waals surface area contributed by atoms with E-state index in [4.69, 9.17) is 5.73 Å². The summed E-state index contributed by atoms with van der Waals surface area (Å²) in [4.78, 5) is 2.47. The van der Waals surface area contributed by atoms with Gasteiger partial charge >= 0.3 is 0 Å². The molecule has 0 aliphatic carbocycles. The van der Waals surface area contributed by atoms with Gasteiger partial charge in [-0.05, 0) is 18.9 Å². The summed E-state index contributed by atoms with van der Waals surface area (Å²) in [7, 11) is 0. The van der Waals surface area contributed by atoms with Gasteiger partial charge in [0.1, 0.15) is 0 Å². The highest BCUT2D eigenvalue weighted by molar-refractivity contribution is 4.87. The van der Waals surface area contributed by atoms with E-state index in [2.05, 4.69) is 17.9 Å². The second kappa shape index (κ2) is 4.52. The lowest BCUT2D eigenvalue weighted by molar-refractivity contribution is 0.363. The first-order valence-corrected chi connectivity index (χ1v) is 4.40. The molecule has 2 N–H and O–H groups in total. The molecular formula is C9H18N2. The molecule has 0 spiro atoms. The molecule has 0 bridgehead atoms. The molecule has 1 heterocycles. The van der Waals surface area contributed by atoms with Crippen LogP contribution in [0.2, 0.25) is 0 Å². The van der Waals surface area contributed by atoms with Crippen LogP contribution >= 0.6 is 0 Å². The van der Waals surface area contributed by atoms with E-state index < -0.39 is 0 Å². The molecule has 1 aliphatic heterocycles. The van der Waals surface area contributed by atoms with E-state index in [-0.39, 0.29) is 0 Å². The van der Waals surface area contributed by atoms with Crippen molar-refractivity contribution in [3.63, 3.8) is 0 Å². The Bertz CT molecular complexity index is 132. The van der Waals surface area contributed by atoms with Crippen molar-refractivity contribution in [3.05, 3.63) is 12.2 Å². The van der Waals surface area contributed by atoms with Crippen molar-refractivity contribution in [2.24, 2.45) is 11.7 Å². The summed E-state index contributed by atoms with van der Waals surface area (Å²) in [5.74, 6) is 0.890. The summed E-state index contributed by atoms with van der Waals surface area (Å²) >= 11 is 0. The summed E-state index contributed by atoms with van der Waals surface area (Å²) in [5.41, 5.74) is 5.34. The fourth-order valence-corrected chi connectivity index (χ4v) is 1.51. The van der Waals surface area contributed by atoms with Crippen LogP contribution in [0.1, 0.15) is 13.3 Å². The van der Waals surface area contributed by atoms with Crippen LogP contribution in [0.25, 0.3) is 0 Å². The lowest BCUT2D eigenvalue weighted by Gasteiger charge is -2.11. The van der Waals surface area contributed by atoms with Crippen molar-refractivity contribution >= 4 is 0 Å². The van der Waals surface area contributed by atoms with Crippen LogP contribution in [0, 0.1) is 5.92 Å². The molecule has 0 aromatic carbocycles. The molecule has 64 valence electrons. The fraction of sp³-hybridized carbons (Fsp3) is 0.778. The van der Waals surface area contributed by atoms with Gasteiger partial charge in [-0.15, -0.1) is 0 Å². The van der Waals surface area contributed by atoms with Crippen LogP contribution in [0.15, 0.2) is 12.2 Å². The zero-order chi connectivity index (χ0) is 8.10. The molecule has 1 atom stereocenters. The van der Waals surface area contributed by atoms with E-state index in [1.165, 1.54) is 19.5 Å². The van der Waals surface area contributed by atoms with Crippen molar-refractivity contribution in [2.45, 2.75) is 13.3 Å². The van der Waals surface area contributed by atoms with Crippen LogP contribution in [-0.4, -0.2) is 31.1 Å². The van der Waals surface area contributed by atoms with Crippen LogP contribution in [0.4, 0.5) is 0 Å². The second-order valence-corrected chi connectivity index (χ2v) is 3.36. The number of nitrogens with zero attached hydrogens (tertiary/aromatic N) is 1. The Morgan fingerprint density at radius 2 is 2.36 bits per heavy atom.